The Kier molecular flexibility index (Phi) is 5.51. The fourth-order valence-corrected chi connectivity index (χ4v) is 2.81. The topological polar surface area (TPSA) is 67.8 Å². The molecule has 1 unspecified atom stereocenters. The van der Waals surface area contributed by atoms with E-state index in [1.165, 1.54) is 12.1 Å². The minimum Gasteiger partial charge on any atom is -0.454 e. The van der Waals surface area contributed by atoms with Crippen molar-refractivity contribution in [3.05, 3.63) is 59.2 Å². The number of aliphatic hydroxyl groups is 1. The van der Waals surface area contributed by atoms with E-state index in [0.29, 0.717) is 29.0 Å². The summed E-state index contributed by atoms with van der Waals surface area (Å²) >= 11 is 0. The van der Waals surface area contributed by atoms with Crippen LogP contribution in [0.2, 0.25) is 0 Å². The number of fused-ring (bicyclic) bond motifs is 1. The van der Waals surface area contributed by atoms with Gasteiger partial charge >= 0.3 is 6.18 Å². The standard InChI is InChI=1S/C20H20F3NO4/c1-19(26,15-7-8-16-17(10-15)28-12-27-16)11-24-18(25)9-4-13-2-5-14(6-3-13)20(21,22)23/h2-3,5-8,10,26H,4,9,11-12H2,1H3,(H,24,25). The molecular weight excluding hydrogens is 375 g/mol. The van der Waals surface area contributed by atoms with E-state index in [1.54, 1.807) is 25.1 Å². The Hall–Kier alpha value is -2.74. The first kappa shape index (κ1) is 20.0. The number of hydrogen-bond donors (Lipinski definition) is 2. The van der Waals surface area contributed by atoms with Gasteiger partial charge in [-0.2, -0.15) is 13.2 Å². The Morgan fingerprint density at radius 3 is 2.39 bits per heavy atom. The van der Waals surface area contributed by atoms with Crippen molar-refractivity contribution < 1.29 is 32.5 Å². The van der Waals surface area contributed by atoms with Gasteiger partial charge in [0.15, 0.2) is 11.5 Å². The maximum atomic E-state index is 12.6. The van der Waals surface area contributed by atoms with E-state index in [-0.39, 0.29) is 25.7 Å². The van der Waals surface area contributed by atoms with Crippen molar-refractivity contribution in [2.24, 2.45) is 0 Å². The second kappa shape index (κ2) is 7.71. The lowest BCUT2D eigenvalue weighted by Crippen LogP contribution is -2.38. The second-order valence-corrected chi connectivity index (χ2v) is 6.81. The fourth-order valence-electron chi connectivity index (χ4n) is 2.81. The number of alkyl halides is 3. The van der Waals surface area contributed by atoms with E-state index < -0.39 is 17.3 Å². The van der Waals surface area contributed by atoms with Crippen molar-refractivity contribution >= 4 is 5.91 Å². The van der Waals surface area contributed by atoms with Crippen LogP contribution in [-0.2, 0) is 23.0 Å². The van der Waals surface area contributed by atoms with Gasteiger partial charge in [0.1, 0.15) is 5.60 Å². The monoisotopic (exact) mass is 395 g/mol. The summed E-state index contributed by atoms with van der Waals surface area (Å²) < 4.78 is 48.2. The molecule has 0 aliphatic carbocycles. The van der Waals surface area contributed by atoms with E-state index in [0.717, 1.165) is 12.1 Å². The van der Waals surface area contributed by atoms with E-state index in [1.807, 2.05) is 0 Å². The van der Waals surface area contributed by atoms with Crippen molar-refractivity contribution in [3.63, 3.8) is 0 Å². The molecule has 0 radical (unpaired) electrons. The van der Waals surface area contributed by atoms with Gasteiger partial charge in [-0.3, -0.25) is 4.79 Å². The lowest BCUT2D eigenvalue weighted by atomic mass is 9.95. The van der Waals surface area contributed by atoms with Crippen molar-refractivity contribution in [3.8, 4) is 11.5 Å². The smallest absolute Gasteiger partial charge is 0.416 e. The molecule has 0 saturated carbocycles. The van der Waals surface area contributed by atoms with Crippen LogP contribution in [0.1, 0.15) is 30.0 Å². The van der Waals surface area contributed by atoms with Crippen LogP contribution >= 0.6 is 0 Å². The van der Waals surface area contributed by atoms with Gasteiger partial charge < -0.3 is 19.9 Å². The number of aryl methyl sites for hydroxylation is 1. The first-order chi connectivity index (χ1) is 13.1. The first-order valence-corrected chi connectivity index (χ1v) is 8.70. The highest BCUT2D eigenvalue weighted by molar-refractivity contribution is 5.76. The minimum absolute atomic E-state index is 0.0154. The number of halogens is 3. The fraction of sp³-hybridized carbons (Fsp3) is 0.350. The van der Waals surface area contributed by atoms with Gasteiger partial charge in [-0.05, 0) is 48.7 Å². The number of benzene rings is 2. The molecular formula is C20H20F3NO4. The highest BCUT2D eigenvalue weighted by Gasteiger charge is 2.30. The lowest BCUT2D eigenvalue weighted by Gasteiger charge is -2.24. The molecule has 0 aromatic heterocycles. The molecule has 5 nitrogen and oxygen atoms in total. The van der Waals surface area contributed by atoms with Gasteiger partial charge in [0.25, 0.3) is 0 Å². The third-order valence-corrected chi connectivity index (χ3v) is 4.55. The molecule has 1 atom stereocenters. The number of rotatable bonds is 6. The molecule has 0 bridgehead atoms. The Morgan fingerprint density at radius 1 is 1.07 bits per heavy atom. The van der Waals surface area contributed by atoms with Gasteiger partial charge in [-0.1, -0.05) is 18.2 Å². The summed E-state index contributed by atoms with van der Waals surface area (Å²) in [4.78, 5) is 12.1. The zero-order valence-corrected chi connectivity index (χ0v) is 15.2. The summed E-state index contributed by atoms with van der Waals surface area (Å²) in [5.74, 6) is 0.826. The summed E-state index contributed by atoms with van der Waals surface area (Å²) in [5, 5.41) is 13.3. The maximum Gasteiger partial charge on any atom is 0.416 e. The van der Waals surface area contributed by atoms with Crippen molar-refractivity contribution in [2.45, 2.75) is 31.5 Å². The highest BCUT2D eigenvalue weighted by atomic mass is 19.4. The van der Waals surface area contributed by atoms with Crippen molar-refractivity contribution in [1.82, 2.24) is 5.32 Å². The molecule has 2 aromatic carbocycles. The van der Waals surface area contributed by atoms with Crippen LogP contribution in [0.4, 0.5) is 13.2 Å². The van der Waals surface area contributed by atoms with E-state index in [2.05, 4.69) is 5.32 Å². The summed E-state index contributed by atoms with van der Waals surface area (Å²) in [6.07, 6.45) is -3.98. The molecule has 0 saturated heterocycles. The Morgan fingerprint density at radius 2 is 1.71 bits per heavy atom. The Labute approximate surface area is 160 Å². The molecule has 8 heteroatoms. The molecule has 0 spiro atoms. The highest BCUT2D eigenvalue weighted by Crippen LogP contribution is 2.35. The molecule has 1 heterocycles. The van der Waals surface area contributed by atoms with Crippen molar-refractivity contribution in [2.75, 3.05) is 13.3 Å². The molecule has 28 heavy (non-hydrogen) atoms. The normalized spacial score (nSPS) is 15.2. The number of hydrogen-bond acceptors (Lipinski definition) is 4. The Bertz CT molecular complexity index is 848. The van der Waals surface area contributed by atoms with Crippen LogP contribution < -0.4 is 14.8 Å². The molecule has 1 aliphatic heterocycles. The SMILES string of the molecule is CC(O)(CNC(=O)CCc1ccc(C(F)(F)F)cc1)c1ccc2c(c1)OCO2. The van der Waals surface area contributed by atoms with Gasteiger partial charge in [-0.15, -0.1) is 0 Å². The number of ether oxygens (including phenoxy) is 2. The predicted molar refractivity (Wildman–Crippen MR) is 94.9 cm³/mol. The lowest BCUT2D eigenvalue weighted by molar-refractivity contribution is -0.137. The Balaban J connectivity index is 1.51. The number of nitrogens with one attached hydrogen (secondary N) is 1. The molecule has 1 amide bonds. The summed E-state index contributed by atoms with van der Waals surface area (Å²) in [6, 6.07) is 9.77. The van der Waals surface area contributed by atoms with Gasteiger partial charge in [0, 0.05) is 6.42 Å². The van der Waals surface area contributed by atoms with Crippen LogP contribution in [0.15, 0.2) is 42.5 Å². The van der Waals surface area contributed by atoms with Gasteiger partial charge in [0.05, 0.1) is 12.1 Å². The summed E-state index contributed by atoms with van der Waals surface area (Å²) in [5.41, 5.74) is -0.837. The number of carbonyl (C=O) groups excluding carboxylic acids is 1. The van der Waals surface area contributed by atoms with E-state index in [9.17, 15) is 23.1 Å². The van der Waals surface area contributed by atoms with Crippen LogP contribution in [0.25, 0.3) is 0 Å². The maximum absolute atomic E-state index is 12.6. The summed E-state index contributed by atoms with van der Waals surface area (Å²) in [7, 11) is 0. The molecule has 2 aromatic rings. The molecule has 1 aliphatic rings. The predicted octanol–water partition coefficient (Wildman–Crippen LogP) is 3.39. The quantitative estimate of drug-likeness (QED) is 0.787. The first-order valence-electron chi connectivity index (χ1n) is 8.70. The van der Waals surface area contributed by atoms with Crippen LogP contribution in [0.5, 0.6) is 11.5 Å². The summed E-state index contributed by atoms with van der Waals surface area (Å²) in [6.45, 7) is 1.68. The minimum atomic E-state index is -4.38. The third kappa shape index (κ3) is 4.75. The van der Waals surface area contributed by atoms with E-state index in [4.69, 9.17) is 9.47 Å². The average molecular weight is 395 g/mol. The van der Waals surface area contributed by atoms with Crippen LogP contribution in [0.3, 0.4) is 0 Å². The molecule has 150 valence electrons. The van der Waals surface area contributed by atoms with Gasteiger partial charge in [-0.25, -0.2) is 0 Å². The van der Waals surface area contributed by atoms with Gasteiger partial charge in [0.2, 0.25) is 12.7 Å². The zero-order valence-electron chi connectivity index (χ0n) is 15.2. The third-order valence-electron chi connectivity index (χ3n) is 4.55. The molecule has 3 rings (SSSR count). The number of carbonyl (C=O) groups is 1. The second-order valence-electron chi connectivity index (χ2n) is 6.81. The van der Waals surface area contributed by atoms with Crippen LogP contribution in [0, 0.1) is 0 Å². The van der Waals surface area contributed by atoms with E-state index >= 15 is 0 Å². The van der Waals surface area contributed by atoms with Crippen molar-refractivity contribution in [1.29, 1.82) is 0 Å². The number of amides is 1. The largest absolute Gasteiger partial charge is 0.454 e. The van der Waals surface area contributed by atoms with Crippen LogP contribution in [-0.4, -0.2) is 24.4 Å². The molecule has 0 fully saturated rings. The average Bonchev–Trinajstić information content (AvgIpc) is 3.12. The zero-order chi connectivity index (χ0) is 20.4. The molecule has 2 N–H and O–H groups in total.